The Morgan fingerprint density at radius 2 is 1.81 bits per heavy atom. The van der Waals surface area contributed by atoms with Crippen molar-refractivity contribution in [3.05, 3.63) is 106 Å². The molecule has 0 saturated carbocycles. The highest BCUT2D eigenvalue weighted by Crippen LogP contribution is 2.36. The van der Waals surface area contributed by atoms with E-state index in [-0.39, 0.29) is 11.9 Å². The van der Waals surface area contributed by atoms with Crippen molar-refractivity contribution in [1.82, 2.24) is 9.91 Å². The minimum Gasteiger partial charge on any atom is -0.290 e. The lowest BCUT2D eigenvalue weighted by Crippen LogP contribution is -2.40. The fourth-order valence-corrected chi connectivity index (χ4v) is 4.94. The second-order valence-electron chi connectivity index (χ2n) is 8.63. The Morgan fingerprint density at radius 3 is 2.62 bits per heavy atom. The van der Waals surface area contributed by atoms with Crippen molar-refractivity contribution >= 4 is 23.2 Å². The lowest BCUT2D eigenvalue weighted by atomic mass is 9.97. The minimum atomic E-state index is -0.191. The summed E-state index contributed by atoms with van der Waals surface area (Å²) >= 11 is 6.54. The molecular formula is C27H26ClN3O. The Hall–Kier alpha value is -2.95. The number of aryl methyl sites for hydroxylation is 1. The smallest absolute Gasteiger partial charge is 0.257 e. The van der Waals surface area contributed by atoms with E-state index in [1.54, 1.807) is 5.01 Å². The van der Waals surface area contributed by atoms with Crippen LogP contribution in [0.5, 0.6) is 0 Å². The van der Waals surface area contributed by atoms with Crippen LogP contribution in [0.2, 0.25) is 5.02 Å². The highest BCUT2D eigenvalue weighted by Gasteiger charge is 2.35. The lowest BCUT2D eigenvalue weighted by molar-refractivity contribution is -0.134. The molecule has 0 saturated heterocycles. The Labute approximate surface area is 194 Å². The molecule has 2 aliphatic rings. The molecule has 1 amide bonds. The maximum atomic E-state index is 13.5. The molecule has 4 nitrogen and oxygen atoms in total. The molecule has 0 aromatic heterocycles. The summed E-state index contributed by atoms with van der Waals surface area (Å²) in [5.41, 5.74) is 6.79. The largest absolute Gasteiger partial charge is 0.290 e. The summed E-state index contributed by atoms with van der Waals surface area (Å²) in [6.45, 7) is 4.09. The van der Waals surface area contributed by atoms with Crippen LogP contribution in [0.3, 0.4) is 0 Å². The predicted octanol–water partition coefficient (Wildman–Crippen LogP) is 5.38. The van der Waals surface area contributed by atoms with Gasteiger partial charge in [0.05, 0.1) is 18.3 Å². The van der Waals surface area contributed by atoms with Crippen LogP contribution in [0.25, 0.3) is 0 Å². The van der Waals surface area contributed by atoms with Crippen molar-refractivity contribution in [2.45, 2.75) is 32.4 Å². The molecule has 5 rings (SSSR count). The number of carbonyl (C=O) groups is 1. The zero-order chi connectivity index (χ0) is 22.1. The molecule has 2 aliphatic heterocycles. The normalized spacial score (nSPS) is 18.4. The van der Waals surface area contributed by atoms with E-state index in [1.165, 1.54) is 16.7 Å². The third-order valence-electron chi connectivity index (χ3n) is 6.35. The molecular weight excluding hydrogens is 418 g/mol. The van der Waals surface area contributed by atoms with Gasteiger partial charge in [0.15, 0.2) is 0 Å². The molecule has 0 spiro atoms. The minimum absolute atomic E-state index is 0.0111. The molecule has 0 unspecified atom stereocenters. The summed E-state index contributed by atoms with van der Waals surface area (Å²) in [4.78, 5) is 15.7. The number of nitrogens with zero attached hydrogens (tertiary/aromatic N) is 3. The Bertz CT molecular complexity index is 1190. The number of rotatable bonds is 4. The predicted molar refractivity (Wildman–Crippen MR) is 129 cm³/mol. The number of fused-ring (bicyclic) bond motifs is 1. The number of hydrogen-bond donors (Lipinski definition) is 0. The second kappa shape index (κ2) is 8.89. The van der Waals surface area contributed by atoms with Crippen molar-refractivity contribution in [2.24, 2.45) is 5.10 Å². The van der Waals surface area contributed by atoms with Gasteiger partial charge >= 0.3 is 0 Å². The fraction of sp³-hybridized carbons (Fsp3) is 0.259. The third kappa shape index (κ3) is 4.21. The van der Waals surface area contributed by atoms with E-state index in [2.05, 4.69) is 54.3 Å². The van der Waals surface area contributed by atoms with Crippen LogP contribution in [-0.4, -0.2) is 34.6 Å². The summed E-state index contributed by atoms with van der Waals surface area (Å²) in [5, 5.41) is 7.16. The zero-order valence-corrected chi connectivity index (χ0v) is 18.9. The maximum Gasteiger partial charge on any atom is 0.257 e. The molecule has 0 radical (unpaired) electrons. The lowest BCUT2D eigenvalue weighted by Gasteiger charge is -2.30. The monoisotopic (exact) mass is 443 g/mol. The number of hydrogen-bond acceptors (Lipinski definition) is 3. The van der Waals surface area contributed by atoms with E-state index < -0.39 is 0 Å². The van der Waals surface area contributed by atoms with Crippen LogP contribution < -0.4 is 0 Å². The first-order valence-electron chi connectivity index (χ1n) is 11.1. The molecule has 162 valence electrons. The molecule has 3 aromatic carbocycles. The van der Waals surface area contributed by atoms with E-state index in [4.69, 9.17) is 16.7 Å². The average molecular weight is 444 g/mol. The van der Waals surface area contributed by atoms with Crippen molar-refractivity contribution in [1.29, 1.82) is 0 Å². The van der Waals surface area contributed by atoms with Crippen molar-refractivity contribution in [3.63, 3.8) is 0 Å². The SMILES string of the molecule is Cc1cccc(C2=NN(C(=O)CN3CCc4ccccc4C3)[C@H](c3ccccc3Cl)C2)c1. The highest BCUT2D eigenvalue weighted by molar-refractivity contribution is 6.31. The summed E-state index contributed by atoms with van der Waals surface area (Å²) < 4.78 is 0. The van der Waals surface area contributed by atoms with E-state index in [0.717, 1.165) is 36.3 Å². The van der Waals surface area contributed by atoms with Crippen LogP contribution in [0, 0.1) is 6.92 Å². The van der Waals surface area contributed by atoms with Crippen LogP contribution >= 0.6 is 11.6 Å². The number of hydrazone groups is 1. The Balaban J connectivity index is 1.41. The molecule has 0 N–H and O–H groups in total. The molecule has 32 heavy (non-hydrogen) atoms. The summed E-state index contributed by atoms with van der Waals surface area (Å²) in [6, 6.07) is 24.3. The molecule has 0 bridgehead atoms. The summed E-state index contributed by atoms with van der Waals surface area (Å²) in [5.74, 6) is 0.0111. The van der Waals surface area contributed by atoms with E-state index in [0.29, 0.717) is 18.0 Å². The van der Waals surface area contributed by atoms with Crippen molar-refractivity contribution in [2.75, 3.05) is 13.1 Å². The maximum absolute atomic E-state index is 13.5. The standard InChI is InChI=1S/C27H26ClN3O/c1-19-7-6-10-21(15-19)25-16-26(23-11-4-5-12-24(23)28)31(29-25)27(32)18-30-14-13-20-8-2-3-9-22(20)17-30/h2-12,15,26H,13-14,16-18H2,1H3/t26-/m0/s1. The zero-order valence-electron chi connectivity index (χ0n) is 18.2. The number of halogens is 1. The molecule has 5 heteroatoms. The van der Waals surface area contributed by atoms with Crippen LogP contribution in [0.15, 0.2) is 77.9 Å². The quantitative estimate of drug-likeness (QED) is 0.542. The highest BCUT2D eigenvalue weighted by atomic mass is 35.5. The van der Waals surface area contributed by atoms with Crippen molar-refractivity contribution < 1.29 is 4.79 Å². The van der Waals surface area contributed by atoms with Crippen molar-refractivity contribution in [3.8, 4) is 0 Å². The summed E-state index contributed by atoms with van der Waals surface area (Å²) in [6.07, 6.45) is 1.62. The fourth-order valence-electron chi connectivity index (χ4n) is 4.68. The van der Waals surface area contributed by atoms with Gasteiger partial charge < -0.3 is 0 Å². The molecule has 0 aliphatic carbocycles. The van der Waals surface area contributed by atoms with Crippen LogP contribution in [0.4, 0.5) is 0 Å². The number of amides is 1. The van der Waals surface area contributed by atoms with E-state index >= 15 is 0 Å². The van der Waals surface area contributed by atoms with Crippen LogP contribution in [0.1, 0.15) is 40.3 Å². The molecule has 3 aromatic rings. The van der Waals surface area contributed by atoms with Gasteiger partial charge in [-0.15, -0.1) is 0 Å². The molecule has 2 heterocycles. The van der Waals surface area contributed by atoms with Gasteiger partial charge in [0, 0.05) is 24.5 Å². The van der Waals surface area contributed by atoms with E-state index in [1.807, 2.05) is 30.3 Å². The van der Waals surface area contributed by atoms with Gasteiger partial charge in [-0.3, -0.25) is 9.69 Å². The van der Waals surface area contributed by atoms with Gasteiger partial charge in [-0.25, -0.2) is 5.01 Å². The van der Waals surface area contributed by atoms with Gasteiger partial charge in [0.1, 0.15) is 0 Å². The Morgan fingerprint density at radius 1 is 1.03 bits per heavy atom. The van der Waals surface area contributed by atoms with Gasteiger partial charge in [-0.1, -0.05) is 83.9 Å². The first-order valence-corrected chi connectivity index (χ1v) is 11.5. The van der Waals surface area contributed by atoms with Gasteiger partial charge in [-0.2, -0.15) is 5.10 Å². The second-order valence-corrected chi connectivity index (χ2v) is 9.03. The topological polar surface area (TPSA) is 35.9 Å². The van der Waals surface area contributed by atoms with Crippen LogP contribution in [-0.2, 0) is 17.8 Å². The molecule has 1 atom stereocenters. The molecule has 0 fully saturated rings. The summed E-state index contributed by atoms with van der Waals surface area (Å²) in [7, 11) is 0. The van der Waals surface area contributed by atoms with Gasteiger partial charge in [0.25, 0.3) is 5.91 Å². The first-order chi connectivity index (χ1) is 15.6. The third-order valence-corrected chi connectivity index (χ3v) is 6.69. The van der Waals surface area contributed by atoms with Gasteiger partial charge in [-0.05, 0) is 41.7 Å². The van der Waals surface area contributed by atoms with E-state index in [9.17, 15) is 4.79 Å². The number of benzene rings is 3. The Kier molecular flexibility index (Phi) is 5.81. The van der Waals surface area contributed by atoms with Gasteiger partial charge in [0.2, 0.25) is 0 Å². The first kappa shape index (κ1) is 20.9. The average Bonchev–Trinajstić information content (AvgIpc) is 3.25. The number of carbonyl (C=O) groups excluding carboxylic acids is 1.